The van der Waals surface area contributed by atoms with Gasteiger partial charge in [0, 0.05) is 5.56 Å². The van der Waals surface area contributed by atoms with E-state index in [1.807, 2.05) is 0 Å². The Morgan fingerprint density at radius 1 is 1.25 bits per heavy atom. The molecule has 0 bridgehead atoms. The van der Waals surface area contributed by atoms with E-state index < -0.39 is 5.91 Å². The van der Waals surface area contributed by atoms with Gasteiger partial charge in [-0.25, -0.2) is 0 Å². The summed E-state index contributed by atoms with van der Waals surface area (Å²) in [5, 5.41) is 0.388. The van der Waals surface area contributed by atoms with Gasteiger partial charge in [-0.2, -0.15) is 0 Å². The number of hydrogen-bond acceptors (Lipinski definition) is 3. The van der Waals surface area contributed by atoms with Crippen molar-refractivity contribution in [1.82, 2.24) is 0 Å². The second-order valence-corrected chi connectivity index (χ2v) is 5.98. The van der Waals surface area contributed by atoms with Crippen molar-refractivity contribution in [3.8, 4) is 5.75 Å². The van der Waals surface area contributed by atoms with Gasteiger partial charge >= 0.3 is 0 Å². The minimum absolute atomic E-state index is 0.276. The molecule has 1 aromatic rings. The summed E-state index contributed by atoms with van der Waals surface area (Å²) in [7, 11) is 0. The zero-order chi connectivity index (χ0) is 14.6. The Labute approximate surface area is 124 Å². The Balaban J connectivity index is 2.01. The van der Waals surface area contributed by atoms with Gasteiger partial charge in [0.05, 0.1) is 10.6 Å². The summed E-state index contributed by atoms with van der Waals surface area (Å²) in [5.41, 5.74) is 11.7. The van der Waals surface area contributed by atoms with Gasteiger partial charge in [-0.05, 0) is 31.0 Å². The highest BCUT2D eigenvalue weighted by Crippen LogP contribution is 2.29. The minimum atomic E-state index is -0.502. The van der Waals surface area contributed by atoms with Crippen LogP contribution in [0.1, 0.15) is 48.9 Å². The Hall–Kier alpha value is -1.26. The van der Waals surface area contributed by atoms with Crippen LogP contribution in [0.25, 0.3) is 0 Å². The molecule has 0 unspecified atom stereocenters. The third-order valence-corrected chi connectivity index (χ3v) is 4.13. The molecule has 4 N–H and O–H groups in total. The lowest BCUT2D eigenvalue weighted by molar-refractivity contribution is 0.1000. The molecular weight excluding hydrogens is 276 g/mol. The second kappa shape index (κ2) is 6.46. The van der Waals surface area contributed by atoms with Crippen LogP contribution in [0.15, 0.2) is 18.2 Å². The van der Waals surface area contributed by atoms with Crippen LogP contribution in [0.3, 0.4) is 0 Å². The van der Waals surface area contributed by atoms with E-state index in [1.54, 1.807) is 12.1 Å². The molecule has 1 amide bonds. The zero-order valence-corrected chi connectivity index (χ0v) is 12.3. The first-order chi connectivity index (χ1) is 9.50. The predicted octanol–water partition coefficient (Wildman–Crippen LogP) is 2.87. The largest absolute Gasteiger partial charge is 0.490 e. The number of primary amides is 1. The van der Waals surface area contributed by atoms with Gasteiger partial charge in [-0.3, -0.25) is 4.79 Å². The first kappa shape index (κ1) is 15.1. The van der Waals surface area contributed by atoms with E-state index in [4.69, 9.17) is 27.8 Å². The second-order valence-electron chi connectivity index (χ2n) is 5.57. The normalized spacial score (nSPS) is 18.3. The fraction of sp³-hybridized carbons (Fsp3) is 0.533. The molecule has 1 saturated carbocycles. The Bertz CT molecular complexity index is 483. The number of hydrogen-bond donors (Lipinski definition) is 2. The quantitative estimate of drug-likeness (QED) is 0.839. The Morgan fingerprint density at radius 3 is 2.45 bits per heavy atom. The van der Waals surface area contributed by atoms with Crippen molar-refractivity contribution >= 4 is 17.5 Å². The van der Waals surface area contributed by atoms with Crippen LogP contribution in [-0.4, -0.2) is 18.1 Å². The summed E-state index contributed by atoms with van der Waals surface area (Å²) >= 11 is 6.10. The number of carbonyl (C=O) groups excluding carboxylic acids is 1. The van der Waals surface area contributed by atoms with Crippen LogP contribution in [0.5, 0.6) is 5.75 Å². The number of benzene rings is 1. The van der Waals surface area contributed by atoms with E-state index in [-0.39, 0.29) is 5.54 Å². The molecule has 1 aromatic carbocycles. The molecule has 0 saturated heterocycles. The topological polar surface area (TPSA) is 78.3 Å². The van der Waals surface area contributed by atoms with E-state index in [0.29, 0.717) is 22.9 Å². The highest BCUT2D eigenvalue weighted by molar-refractivity contribution is 6.32. The molecule has 0 aliphatic heterocycles. The number of amides is 1. The van der Waals surface area contributed by atoms with Crippen molar-refractivity contribution in [2.75, 3.05) is 6.61 Å². The minimum Gasteiger partial charge on any atom is -0.490 e. The molecule has 1 fully saturated rings. The third kappa shape index (κ3) is 3.87. The van der Waals surface area contributed by atoms with Crippen LogP contribution in [0.2, 0.25) is 5.02 Å². The van der Waals surface area contributed by atoms with E-state index in [1.165, 1.54) is 18.9 Å². The molecule has 4 nitrogen and oxygen atoms in total. The van der Waals surface area contributed by atoms with Gasteiger partial charge in [0.25, 0.3) is 0 Å². The van der Waals surface area contributed by atoms with E-state index in [0.717, 1.165) is 25.7 Å². The molecule has 0 atom stereocenters. The number of carbonyl (C=O) groups is 1. The van der Waals surface area contributed by atoms with Crippen LogP contribution < -0.4 is 16.2 Å². The van der Waals surface area contributed by atoms with Crippen molar-refractivity contribution in [1.29, 1.82) is 0 Å². The van der Waals surface area contributed by atoms with Crippen LogP contribution in [0, 0.1) is 0 Å². The third-order valence-electron chi connectivity index (χ3n) is 3.83. The van der Waals surface area contributed by atoms with Crippen molar-refractivity contribution in [3.05, 3.63) is 28.8 Å². The summed E-state index contributed by atoms with van der Waals surface area (Å²) in [5.74, 6) is 0.0447. The predicted molar refractivity (Wildman–Crippen MR) is 80.1 cm³/mol. The lowest BCUT2D eigenvalue weighted by Crippen LogP contribution is -2.45. The zero-order valence-electron chi connectivity index (χ0n) is 11.5. The maximum absolute atomic E-state index is 11.1. The van der Waals surface area contributed by atoms with Crippen LogP contribution >= 0.6 is 11.6 Å². The fourth-order valence-electron chi connectivity index (χ4n) is 2.57. The molecule has 1 aliphatic rings. The van der Waals surface area contributed by atoms with Crippen molar-refractivity contribution in [3.63, 3.8) is 0 Å². The van der Waals surface area contributed by atoms with E-state index in [9.17, 15) is 4.79 Å². The molecule has 20 heavy (non-hydrogen) atoms. The Morgan fingerprint density at radius 2 is 1.90 bits per heavy atom. The van der Waals surface area contributed by atoms with Gasteiger partial charge in [0.15, 0.2) is 0 Å². The van der Waals surface area contributed by atoms with Crippen molar-refractivity contribution < 1.29 is 9.53 Å². The van der Waals surface area contributed by atoms with E-state index >= 15 is 0 Å². The van der Waals surface area contributed by atoms with Gasteiger partial charge < -0.3 is 16.2 Å². The highest BCUT2D eigenvalue weighted by Gasteiger charge is 2.27. The van der Waals surface area contributed by atoms with Gasteiger partial charge in [0.2, 0.25) is 5.91 Å². The van der Waals surface area contributed by atoms with Gasteiger partial charge in [-0.1, -0.05) is 37.3 Å². The molecule has 0 spiro atoms. The van der Waals surface area contributed by atoms with Gasteiger partial charge in [-0.15, -0.1) is 0 Å². The number of nitrogens with two attached hydrogens (primary N) is 2. The average Bonchev–Trinajstić information content (AvgIpc) is 2.62. The first-order valence-electron chi connectivity index (χ1n) is 7.01. The van der Waals surface area contributed by atoms with Crippen LogP contribution in [-0.2, 0) is 0 Å². The summed E-state index contributed by atoms with van der Waals surface area (Å²) in [6, 6.07) is 4.80. The molecule has 0 aromatic heterocycles. The fourth-order valence-corrected chi connectivity index (χ4v) is 2.80. The number of ether oxygens (including phenoxy) is 1. The SMILES string of the molecule is NC(=O)c1ccc(OCC2(N)CCCCCC2)c(Cl)c1. The number of halogens is 1. The first-order valence-corrected chi connectivity index (χ1v) is 7.39. The summed E-state index contributed by atoms with van der Waals surface area (Å²) in [6.45, 7) is 0.447. The summed E-state index contributed by atoms with van der Waals surface area (Å²) in [6.07, 6.45) is 6.73. The summed E-state index contributed by atoms with van der Waals surface area (Å²) < 4.78 is 5.76. The van der Waals surface area contributed by atoms with Gasteiger partial charge in [0.1, 0.15) is 12.4 Å². The smallest absolute Gasteiger partial charge is 0.248 e. The maximum Gasteiger partial charge on any atom is 0.248 e. The lowest BCUT2D eigenvalue weighted by Gasteiger charge is -2.28. The molecule has 1 aliphatic carbocycles. The average molecular weight is 297 g/mol. The molecular formula is C15H21ClN2O2. The number of rotatable bonds is 4. The molecule has 0 heterocycles. The molecule has 2 rings (SSSR count). The maximum atomic E-state index is 11.1. The molecule has 0 radical (unpaired) electrons. The van der Waals surface area contributed by atoms with Crippen molar-refractivity contribution in [2.45, 2.75) is 44.1 Å². The highest BCUT2D eigenvalue weighted by atomic mass is 35.5. The lowest BCUT2D eigenvalue weighted by atomic mass is 9.92. The van der Waals surface area contributed by atoms with Crippen LogP contribution in [0.4, 0.5) is 0 Å². The van der Waals surface area contributed by atoms with E-state index in [2.05, 4.69) is 0 Å². The Kier molecular flexibility index (Phi) is 4.89. The monoisotopic (exact) mass is 296 g/mol. The molecule has 110 valence electrons. The van der Waals surface area contributed by atoms with Crippen molar-refractivity contribution in [2.24, 2.45) is 11.5 Å². The molecule has 5 heteroatoms. The standard InChI is InChI=1S/C15H21ClN2O2/c16-12-9-11(14(17)19)5-6-13(12)20-10-15(18)7-3-1-2-4-8-15/h5-6,9H,1-4,7-8,10,18H2,(H2,17,19). The summed E-state index contributed by atoms with van der Waals surface area (Å²) in [4.78, 5) is 11.1.